The van der Waals surface area contributed by atoms with E-state index in [1.54, 1.807) is 0 Å². The summed E-state index contributed by atoms with van der Waals surface area (Å²) >= 11 is 0. The van der Waals surface area contributed by atoms with Crippen LogP contribution in [0.4, 0.5) is 0 Å². The van der Waals surface area contributed by atoms with Crippen LogP contribution in [0.2, 0.25) is 0 Å². The number of nitrogens with two attached hydrogens (primary N) is 1. The summed E-state index contributed by atoms with van der Waals surface area (Å²) in [7, 11) is -3.42. The van der Waals surface area contributed by atoms with Crippen molar-refractivity contribution in [2.75, 3.05) is 45.9 Å². The summed E-state index contributed by atoms with van der Waals surface area (Å²) < 4.78 is 34.5. The van der Waals surface area contributed by atoms with Gasteiger partial charge in [0.2, 0.25) is 10.0 Å². The molecule has 4 aliphatic rings. The van der Waals surface area contributed by atoms with E-state index in [0.717, 1.165) is 39.0 Å². The Bertz CT molecular complexity index is 688. The zero-order chi connectivity index (χ0) is 22.7. The van der Waals surface area contributed by atoms with Crippen molar-refractivity contribution in [3.8, 4) is 0 Å². The Morgan fingerprint density at radius 2 is 1.69 bits per heavy atom. The average molecular weight is 476 g/mol. The largest absolute Gasteiger partial charge is 0.394 e. The summed E-state index contributed by atoms with van der Waals surface area (Å²) in [5, 5.41) is 22.7. The van der Waals surface area contributed by atoms with Crippen molar-refractivity contribution in [3.63, 3.8) is 0 Å². The molecular formula is C22H43N4O5S+. The van der Waals surface area contributed by atoms with E-state index in [4.69, 9.17) is 4.74 Å². The maximum Gasteiger partial charge on any atom is 0.214 e. The standard InChI is InChI=1S/C22H42N4O5S/c1-16-5-7-17(8-6-16)32(29,30)24-14-18-21(22(28)19(15-27)31-18)26-12-10-25(11-13-26)20-4-2-3-9-23-20/h16-24,27-28H,2-15H2,1H3/p+1. The molecule has 0 spiro atoms. The fraction of sp³-hybridized carbons (Fsp3) is 1.00. The second-order valence-electron chi connectivity index (χ2n) is 10.3. The van der Waals surface area contributed by atoms with E-state index in [1.165, 1.54) is 25.8 Å². The quantitative estimate of drug-likeness (QED) is 0.360. The maximum atomic E-state index is 12.9. The molecule has 5 N–H and O–H groups in total. The van der Waals surface area contributed by atoms with Crippen molar-refractivity contribution in [1.82, 2.24) is 14.5 Å². The highest BCUT2D eigenvalue weighted by Gasteiger charge is 2.47. The molecule has 10 heteroatoms. The summed E-state index contributed by atoms with van der Waals surface area (Å²) in [6.07, 6.45) is 5.71. The first-order chi connectivity index (χ1) is 15.4. The van der Waals surface area contributed by atoms with Gasteiger partial charge in [0.1, 0.15) is 18.4 Å². The van der Waals surface area contributed by atoms with Gasteiger partial charge in [0.25, 0.3) is 0 Å². The Balaban J connectivity index is 1.35. The highest BCUT2D eigenvalue weighted by atomic mass is 32.2. The SMILES string of the molecule is CC1CCC(S(=O)(=O)NCC2OC(CO)C(O)C2N2CCN(C3CCCC[NH2+]3)CC2)CC1. The summed E-state index contributed by atoms with van der Waals surface area (Å²) in [5.41, 5.74) is 0. The van der Waals surface area contributed by atoms with Crippen molar-refractivity contribution in [3.05, 3.63) is 0 Å². The normalized spacial score (nSPS) is 40.5. The van der Waals surface area contributed by atoms with Gasteiger partial charge in [0.15, 0.2) is 0 Å². The summed E-state index contributed by atoms with van der Waals surface area (Å²) in [5.74, 6) is 0.592. The molecule has 4 fully saturated rings. The van der Waals surface area contributed by atoms with E-state index in [1.807, 2.05) is 0 Å². The third kappa shape index (κ3) is 5.66. The minimum absolute atomic E-state index is 0.142. The number of nitrogens with one attached hydrogen (secondary N) is 1. The molecule has 0 aromatic heterocycles. The van der Waals surface area contributed by atoms with Crippen LogP contribution in [0.3, 0.4) is 0 Å². The van der Waals surface area contributed by atoms with E-state index >= 15 is 0 Å². The number of aliphatic hydroxyl groups excluding tert-OH is 2. The highest BCUT2D eigenvalue weighted by Crippen LogP contribution is 2.29. The lowest BCUT2D eigenvalue weighted by atomic mass is 9.91. The molecule has 4 rings (SSSR count). The molecule has 0 amide bonds. The maximum absolute atomic E-state index is 12.9. The monoisotopic (exact) mass is 475 g/mol. The zero-order valence-corrected chi connectivity index (χ0v) is 20.3. The smallest absolute Gasteiger partial charge is 0.214 e. The van der Waals surface area contributed by atoms with Gasteiger partial charge in [-0.05, 0) is 44.4 Å². The van der Waals surface area contributed by atoms with Crippen molar-refractivity contribution in [2.24, 2.45) is 5.92 Å². The molecular weight excluding hydrogens is 432 g/mol. The predicted octanol–water partition coefficient (Wildman–Crippen LogP) is -1.34. The Kier molecular flexibility index (Phi) is 8.48. The van der Waals surface area contributed by atoms with E-state index in [9.17, 15) is 18.6 Å². The van der Waals surface area contributed by atoms with Crippen LogP contribution in [0.5, 0.6) is 0 Å². The van der Waals surface area contributed by atoms with Crippen molar-refractivity contribution >= 4 is 10.0 Å². The Morgan fingerprint density at radius 3 is 2.31 bits per heavy atom. The van der Waals surface area contributed by atoms with Gasteiger partial charge < -0.3 is 20.3 Å². The van der Waals surface area contributed by atoms with Crippen LogP contribution in [0, 0.1) is 5.92 Å². The molecule has 186 valence electrons. The fourth-order valence-corrected chi connectivity index (χ4v) is 7.60. The van der Waals surface area contributed by atoms with Gasteiger partial charge in [0, 0.05) is 39.1 Å². The second-order valence-corrected chi connectivity index (χ2v) is 12.4. The van der Waals surface area contributed by atoms with E-state index in [-0.39, 0.29) is 24.4 Å². The molecule has 1 saturated carbocycles. The van der Waals surface area contributed by atoms with Crippen LogP contribution in [0.25, 0.3) is 0 Å². The van der Waals surface area contributed by atoms with Gasteiger partial charge in [-0.3, -0.25) is 9.80 Å². The number of ether oxygens (including phenoxy) is 1. The van der Waals surface area contributed by atoms with Crippen LogP contribution in [-0.4, -0.2) is 110 Å². The van der Waals surface area contributed by atoms with Crippen LogP contribution >= 0.6 is 0 Å². The minimum atomic E-state index is -3.42. The summed E-state index contributed by atoms with van der Waals surface area (Å²) in [6, 6.07) is -0.307. The fourth-order valence-electron chi connectivity index (χ4n) is 6.08. The van der Waals surface area contributed by atoms with Crippen LogP contribution in [0.1, 0.15) is 51.9 Å². The molecule has 1 aliphatic carbocycles. The number of nitrogens with zero attached hydrogens (tertiary/aromatic N) is 2. The molecule has 32 heavy (non-hydrogen) atoms. The van der Waals surface area contributed by atoms with Crippen molar-refractivity contribution < 1.29 is 28.7 Å². The first kappa shape index (κ1) is 24.8. The third-order valence-corrected chi connectivity index (χ3v) is 10.1. The molecule has 3 heterocycles. The van der Waals surface area contributed by atoms with Gasteiger partial charge >= 0.3 is 0 Å². The summed E-state index contributed by atoms with van der Waals surface area (Å²) in [6.45, 7) is 6.76. The second kappa shape index (κ2) is 10.9. The molecule has 0 aromatic rings. The number of quaternary nitrogens is 1. The molecule has 5 atom stereocenters. The van der Waals surface area contributed by atoms with E-state index < -0.39 is 28.3 Å². The highest BCUT2D eigenvalue weighted by molar-refractivity contribution is 7.90. The van der Waals surface area contributed by atoms with Gasteiger partial charge in [-0.25, -0.2) is 13.1 Å². The molecule has 0 radical (unpaired) electrons. The van der Waals surface area contributed by atoms with Gasteiger partial charge in [-0.1, -0.05) is 6.92 Å². The number of hydrogen-bond donors (Lipinski definition) is 4. The predicted molar refractivity (Wildman–Crippen MR) is 121 cm³/mol. The number of rotatable bonds is 7. The van der Waals surface area contributed by atoms with Crippen molar-refractivity contribution in [2.45, 2.75) is 87.6 Å². The molecule has 5 unspecified atom stereocenters. The average Bonchev–Trinajstić information content (AvgIpc) is 3.14. The number of aliphatic hydroxyl groups is 2. The Morgan fingerprint density at radius 1 is 1.00 bits per heavy atom. The van der Waals surface area contributed by atoms with Crippen molar-refractivity contribution in [1.29, 1.82) is 0 Å². The molecule has 9 nitrogen and oxygen atoms in total. The lowest BCUT2D eigenvalue weighted by Crippen LogP contribution is -2.95. The van der Waals surface area contributed by atoms with Gasteiger partial charge in [-0.2, -0.15) is 0 Å². The van der Waals surface area contributed by atoms with Crippen LogP contribution < -0.4 is 10.0 Å². The van der Waals surface area contributed by atoms with E-state index in [0.29, 0.717) is 24.9 Å². The molecule has 0 bridgehead atoms. The first-order valence-electron chi connectivity index (χ1n) is 12.6. The number of hydrogen-bond acceptors (Lipinski definition) is 7. The number of sulfonamides is 1. The Labute approximate surface area is 192 Å². The summed E-state index contributed by atoms with van der Waals surface area (Å²) in [4.78, 5) is 4.77. The van der Waals surface area contributed by atoms with Crippen LogP contribution in [-0.2, 0) is 14.8 Å². The molecule has 3 saturated heterocycles. The first-order valence-corrected chi connectivity index (χ1v) is 14.2. The Hall–Kier alpha value is -0.330. The van der Waals surface area contributed by atoms with E-state index in [2.05, 4.69) is 26.8 Å². The number of piperidine rings is 1. The molecule has 0 aromatic carbocycles. The third-order valence-electron chi connectivity index (χ3n) is 8.16. The lowest BCUT2D eigenvalue weighted by molar-refractivity contribution is -0.717. The topological polar surface area (TPSA) is 119 Å². The van der Waals surface area contributed by atoms with Gasteiger partial charge in [0.05, 0.1) is 30.5 Å². The van der Waals surface area contributed by atoms with Crippen LogP contribution in [0.15, 0.2) is 0 Å². The minimum Gasteiger partial charge on any atom is -0.394 e. The zero-order valence-electron chi connectivity index (χ0n) is 19.4. The van der Waals surface area contributed by atoms with Gasteiger partial charge in [-0.15, -0.1) is 0 Å². The number of piperazine rings is 1. The molecule has 3 aliphatic heterocycles. The lowest BCUT2D eigenvalue weighted by Gasteiger charge is -2.42.